The lowest BCUT2D eigenvalue weighted by Crippen LogP contribution is -2.36. The number of amides is 2. The van der Waals surface area contributed by atoms with E-state index < -0.39 is 33.4 Å². The Kier molecular flexibility index (Phi) is 13.3. The minimum absolute atomic E-state index is 0.0460. The van der Waals surface area contributed by atoms with Gasteiger partial charge in [0.1, 0.15) is 5.60 Å². The maximum Gasteiger partial charge on any atom is 0.407 e. The summed E-state index contributed by atoms with van der Waals surface area (Å²) in [5.74, 6) is -1.78. The number of Topliss-reactive ketones (excluding diaryl/α,β-unsaturated/α-hetero) is 1. The van der Waals surface area contributed by atoms with Crippen LogP contribution in [0.15, 0.2) is 22.7 Å². The molecule has 2 amide bonds. The van der Waals surface area contributed by atoms with Gasteiger partial charge < -0.3 is 15.4 Å². The number of hydrogen-bond donors (Lipinski definition) is 3. The van der Waals surface area contributed by atoms with Gasteiger partial charge in [-0.15, -0.1) is 0 Å². The molecule has 0 bridgehead atoms. The number of ether oxygens (including phenoxy) is 1. The first-order valence-corrected chi connectivity index (χ1v) is 14.4. The molecule has 0 aliphatic carbocycles. The van der Waals surface area contributed by atoms with Crippen LogP contribution in [-0.2, 0) is 19.6 Å². The van der Waals surface area contributed by atoms with Crippen molar-refractivity contribution in [3.8, 4) is 0 Å². The number of ketones is 1. The molecule has 11 heteroatoms. The Morgan fingerprint density at radius 1 is 0.943 bits per heavy atom. The summed E-state index contributed by atoms with van der Waals surface area (Å²) in [4.78, 5) is 36.7. The minimum Gasteiger partial charge on any atom is -0.444 e. The van der Waals surface area contributed by atoms with Crippen LogP contribution in [0.1, 0.15) is 83.0 Å². The van der Waals surface area contributed by atoms with Crippen LogP contribution in [0.25, 0.3) is 0 Å². The SMILES string of the molecule is CCCCCCCCS(=O)(=O)Nc1ccc(Br)cc1C(=O)C(=O)NCCCNC(=O)OC(C)(C)C. The third-order valence-corrected chi connectivity index (χ3v) is 6.62. The summed E-state index contributed by atoms with van der Waals surface area (Å²) in [6.07, 6.45) is 5.49. The van der Waals surface area contributed by atoms with Crippen LogP contribution in [0.5, 0.6) is 0 Å². The molecule has 0 saturated carbocycles. The van der Waals surface area contributed by atoms with Gasteiger partial charge in [-0.25, -0.2) is 13.2 Å². The van der Waals surface area contributed by atoms with Crippen LogP contribution in [0.2, 0.25) is 0 Å². The largest absolute Gasteiger partial charge is 0.444 e. The molecule has 1 rings (SSSR count). The van der Waals surface area contributed by atoms with Crippen molar-refractivity contribution in [1.82, 2.24) is 10.6 Å². The van der Waals surface area contributed by atoms with E-state index in [1.807, 2.05) is 0 Å². The zero-order chi connectivity index (χ0) is 26.5. The van der Waals surface area contributed by atoms with Crippen molar-refractivity contribution in [2.24, 2.45) is 0 Å². The fourth-order valence-electron chi connectivity index (χ4n) is 3.08. The average Bonchev–Trinajstić information content (AvgIpc) is 2.75. The molecule has 0 saturated heterocycles. The topological polar surface area (TPSA) is 131 Å². The quantitative estimate of drug-likeness (QED) is 0.157. The second-order valence-corrected chi connectivity index (χ2v) is 12.0. The Balaban J connectivity index is 2.62. The van der Waals surface area contributed by atoms with Gasteiger partial charge >= 0.3 is 6.09 Å². The molecule has 0 aromatic heterocycles. The number of unbranched alkanes of at least 4 members (excludes halogenated alkanes) is 5. The summed E-state index contributed by atoms with van der Waals surface area (Å²) < 4.78 is 33.2. The van der Waals surface area contributed by atoms with E-state index in [0.717, 1.165) is 32.1 Å². The third kappa shape index (κ3) is 13.5. The number of anilines is 1. The molecule has 0 aliphatic rings. The van der Waals surface area contributed by atoms with Gasteiger partial charge in [0.05, 0.1) is 17.0 Å². The fourth-order valence-corrected chi connectivity index (χ4v) is 4.64. The number of hydrogen-bond acceptors (Lipinski definition) is 6. The molecule has 1 aromatic carbocycles. The molecule has 198 valence electrons. The van der Waals surface area contributed by atoms with Crippen molar-refractivity contribution in [1.29, 1.82) is 0 Å². The molecule has 0 aliphatic heterocycles. The van der Waals surface area contributed by atoms with Crippen molar-refractivity contribution in [3.05, 3.63) is 28.2 Å². The molecule has 0 fully saturated rings. The van der Waals surface area contributed by atoms with Gasteiger partial charge in [0.25, 0.3) is 11.7 Å². The summed E-state index contributed by atoms with van der Waals surface area (Å²) in [6.45, 7) is 7.78. The summed E-state index contributed by atoms with van der Waals surface area (Å²) >= 11 is 3.26. The maximum atomic E-state index is 12.7. The van der Waals surface area contributed by atoms with Crippen molar-refractivity contribution < 1.29 is 27.5 Å². The summed E-state index contributed by atoms with van der Waals surface area (Å²) in [5, 5.41) is 5.06. The van der Waals surface area contributed by atoms with Gasteiger partial charge in [-0.1, -0.05) is 55.0 Å². The van der Waals surface area contributed by atoms with Gasteiger partial charge in [0.15, 0.2) is 0 Å². The number of carbonyl (C=O) groups excluding carboxylic acids is 3. The predicted molar refractivity (Wildman–Crippen MR) is 141 cm³/mol. The molecule has 0 heterocycles. The highest BCUT2D eigenvalue weighted by Gasteiger charge is 2.22. The molecule has 1 aromatic rings. The van der Waals surface area contributed by atoms with E-state index in [4.69, 9.17) is 4.74 Å². The number of alkyl carbamates (subject to hydrolysis) is 1. The third-order valence-electron chi connectivity index (χ3n) is 4.77. The van der Waals surface area contributed by atoms with Gasteiger partial charge in [-0.2, -0.15) is 0 Å². The summed E-state index contributed by atoms with van der Waals surface area (Å²) in [5.41, 5.74) is -0.594. The van der Waals surface area contributed by atoms with E-state index >= 15 is 0 Å². The smallest absolute Gasteiger partial charge is 0.407 e. The van der Waals surface area contributed by atoms with Crippen molar-refractivity contribution >= 4 is 49.4 Å². The van der Waals surface area contributed by atoms with Crippen LogP contribution >= 0.6 is 15.9 Å². The molecule has 0 unspecified atom stereocenters. The van der Waals surface area contributed by atoms with Gasteiger partial charge in [0, 0.05) is 17.6 Å². The van der Waals surface area contributed by atoms with Crippen LogP contribution in [0.3, 0.4) is 0 Å². The Morgan fingerprint density at radius 3 is 2.23 bits per heavy atom. The molecule has 35 heavy (non-hydrogen) atoms. The Morgan fingerprint density at radius 2 is 1.57 bits per heavy atom. The molecule has 3 N–H and O–H groups in total. The zero-order valence-corrected chi connectivity index (χ0v) is 23.4. The molecule has 0 radical (unpaired) electrons. The Bertz CT molecular complexity index is 960. The second-order valence-electron chi connectivity index (χ2n) is 9.25. The van der Waals surface area contributed by atoms with E-state index in [1.54, 1.807) is 26.8 Å². The van der Waals surface area contributed by atoms with E-state index in [1.165, 1.54) is 12.1 Å². The van der Waals surface area contributed by atoms with Gasteiger partial charge in [0.2, 0.25) is 10.0 Å². The Hall–Kier alpha value is -2.14. The van der Waals surface area contributed by atoms with E-state index in [0.29, 0.717) is 17.3 Å². The second kappa shape index (κ2) is 15.1. The lowest BCUT2D eigenvalue weighted by molar-refractivity contribution is -0.117. The highest BCUT2D eigenvalue weighted by molar-refractivity contribution is 9.10. The van der Waals surface area contributed by atoms with Crippen LogP contribution < -0.4 is 15.4 Å². The first kappa shape index (κ1) is 30.9. The molecule has 0 atom stereocenters. The predicted octanol–water partition coefficient (Wildman–Crippen LogP) is 4.77. The van der Waals surface area contributed by atoms with Gasteiger partial charge in [-0.3, -0.25) is 14.3 Å². The summed E-state index contributed by atoms with van der Waals surface area (Å²) in [6, 6.07) is 4.46. The van der Waals surface area contributed by atoms with E-state index in [2.05, 4.69) is 38.2 Å². The van der Waals surface area contributed by atoms with Crippen molar-refractivity contribution in [2.45, 2.75) is 78.2 Å². The maximum absolute atomic E-state index is 12.7. The number of sulfonamides is 1. The lowest BCUT2D eigenvalue weighted by atomic mass is 10.1. The molecule has 0 spiro atoms. The number of halogens is 1. The van der Waals surface area contributed by atoms with Crippen LogP contribution in [0, 0.1) is 0 Å². The average molecular weight is 577 g/mol. The highest BCUT2D eigenvalue weighted by atomic mass is 79.9. The zero-order valence-electron chi connectivity index (χ0n) is 21.0. The number of nitrogens with one attached hydrogen (secondary N) is 3. The van der Waals surface area contributed by atoms with Crippen LogP contribution in [0.4, 0.5) is 10.5 Å². The first-order valence-electron chi connectivity index (χ1n) is 11.9. The first-order chi connectivity index (χ1) is 16.3. The van der Waals surface area contributed by atoms with E-state index in [9.17, 15) is 22.8 Å². The number of benzene rings is 1. The Labute approximate surface area is 217 Å². The van der Waals surface area contributed by atoms with Crippen molar-refractivity contribution in [3.63, 3.8) is 0 Å². The summed E-state index contributed by atoms with van der Waals surface area (Å²) in [7, 11) is -3.67. The number of carbonyl (C=O) groups is 3. The highest BCUT2D eigenvalue weighted by Crippen LogP contribution is 2.23. The minimum atomic E-state index is -3.67. The molecule has 9 nitrogen and oxygen atoms in total. The standard InChI is InChI=1S/C24H38BrN3O6S/c1-5-6-7-8-9-10-16-35(32,33)28-20-13-12-18(25)17-19(20)21(29)22(30)26-14-11-15-27-23(31)34-24(2,3)4/h12-13,17,28H,5-11,14-16H2,1-4H3,(H,26,30)(H,27,31). The normalized spacial score (nSPS) is 11.6. The van der Waals surface area contributed by atoms with Crippen LogP contribution in [-0.4, -0.2) is 50.6 Å². The van der Waals surface area contributed by atoms with Gasteiger partial charge in [-0.05, 0) is 51.8 Å². The molecular formula is C24H38BrN3O6S. The van der Waals surface area contributed by atoms with Crippen molar-refractivity contribution in [2.75, 3.05) is 23.6 Å². The number of rotatable bonds is 15. The lowest BCUT2D eigenvalue weighted by Gasteiger charge is -2.19. The molecular weight excluding hydrogens is 538 g/mol. The monoisotopic (exact) mass is 575 g/mol. The van der Waals surface area contributed by atoms with E-state index in [-0.39, 0.29) is 30.1 Å². The fraction of sp³-hybridized carbons (Fsp3) is 0.625.